The highest BCUT2D eigenvalue weighted by atomic mass is 127. The molecule has 0 unspecified atom stereocenters. The zero-order valence-corrected chi connectivity index (χ0v) is 13.3. The minimum Gasteiger partial charge on any atom is -0.367 e. The van der Waals surface area contributed by atoms with Crippen LogP contribution in [-0.2, 0) is 0 Å². The maximum Gasteiger partial charge on any atom is 0.251 e. The third-order valence-corrected chi connectivity index (χ3v) is 3.46. The van der Waals surface area contributed by atoms with E-state index in [0.29, 0.717) is 30.0 Å². The normalized spacial score (nSPS) is 9.71. The Morgan fingerprint density at radius 2 is 2.00 bits per heavy atom. The fourth-order valence-corrected chi connectivity index (χ4v) is 2.06. The molecule has 0 aliphatic rings. The topological polar surface area (TPSA) is 77.8 Å². The van der Waals surface area contributed by atoms with Gasteiger partial charge in [0.2, 0.25) is 0 Å². The van der Waals surface area contributed by atoms with Crippen molar-refractivity contribution in [3.05, 3.63) is 57.3 Å². The predicted molar refractivity (Wildman–Crippen MR) is 88.9 cm³/mol. The second kappa shape index (κ2) is 7.59. The highest BCUT2D eigenvalue weighted by Gasteiger charge is 2.05. The average molecular weight is 392 g/mol. The molecule has 0 aliphatic heterocycles. The lowest BCUT2D eigenvalue weighted by Gasteiger charge is -2.08. The van der Waals surface area contributed by atoms with Crippen molar-refractivity contribution in [2.75, 3.05) is 18.4 Å². The van der Waals surface area contributed by atoms with Crippen molar-refractivity contribution in [3.63, 3.8) is 0 Å². The molecule has 0 saturated carbocycles. The molecule has 0 spiro atoms. The number of carbonyl (C=O) groups excluding carboxylic acids is 1. The second-order valence-corrected chi connectivity index (χ2v) is 5.45. The van der Waals surface area contributed by atoms with Crippen LogP contribution in [0.2, 0.25) is 0 Å². The summed E-state index contributed by atoms with van der Waals surface area (Å²) in [5.74, 6) is 0.415. The molecule has 106 valence electrons. The van der Waals surface area contributed by atoms with Crippen LogP contribution < -0.4 is 10.6 Å². The van der Waals surface area contributed by atoms with Crippen molar-refractivity contribution in [1.29, 1.82) is 5.26 Å². The molecule has 1 amide bonds. The fourth-order valence-electron chi connectivity index (χ4n) is 1.70. The fraction of sp³-hybridized carbons (Fsp3) is 0.133. The van der Waals surface area contributed by atoms with Gasteiger partial charge in [-0.25, -0.2) is 4.98 Å². The molecular formula is C15H13IN4O. The first-order valence-corrected chi connectivity index (χ1v) is 7.41. The van der Waals surface area contributed by atoms with Gasteiger partial charge in [0.25, 0.3) is 5.91 Å². The van der Waals surface area contributed by atoms with E-state index in [9.17, 15) is 4.79 Å². The molecule has 6 heteroatoms. The van der Waals surface area contributed by atoms with Gasteiger partial charge < -0.3 is 10.6 Å². The van der Waals surface area contributed by atoms with Gasteiger partial charge in [0.1, 0.15) is 11.9 Å². The van der Waals surface area contributed by atoms with E-state index < -0.39 is 0 Å². The van der Waals surface area contributed by atoms with Crippen molar-refractivity contribution in [2.24, 2.45) is 0 Å². The summed E-state index contributed by atoms with van der Waals surface area (Å²) in [5, 5.41) is 14.8. The Morgan fingerprint density at radius 1 is 1.24 bits per heavy atom. The number of rotatable bonds is 5. The van der Waals surface area contributed by atoms with E-state index in [-0.39, 0.29) is 5.91 Å². The van der Waals surface area contributed by atoms with Crippen LogP contribution in [0.25, 0.3) is 0 Å². The molecule has 1 heterocycles. The standard InChI is InChI=1S/C15H13IN4O/c16-13-5-3-11(4-6-13)15(21)20-9-8-19-14-12(10-17)2-1-7-18-14/h1-7H,8-9H2,(H,18,19)(H,20,21). The van der Waals surface area contributed by atoms with Crippen LogP contribution in [0, 0.1) is 14.9 Å². The van der Waals surface area contributed by atoms with E-state index in [4.69, 9.17) is 5.26 Å². The molecule has 0 aliphatic carbocycles. The first kappa shape index (κ1) is 15.3. The number of nitriles is 1. The molecule has 2 rings (SSSR count). The van der Waals surface area contributed by atoms with E-state index in [0.717, 1.165) is 3.57 Å². The van der Waals surface area contributed by atoms with Crippen LogP contribution in [0.3, 0.4) is 0 Å². The molecule has 2 aromatic rings. The van der Waals surface area contributed by atoms with Gasteiger partial charge in [0.15, 0.2) is 0 Å². The van der Waals surface area contributed by atoms with Gasteiger partial charge in [-0.2, -0.15) is 5.26 Å². The van der Waals surface area contributed by atoms with Crippen molar-refractivity contribution >= 4 is 34.3 Å². The number of hydrogen-bond donors (Lipinski definition) is 2. The minimum absolute atomic E-state index is 0.116. The summed E-state index contributed by atoms with van der Waals surface area (Å²) in [6, 6.07) is 12.8. The smallest absolute Gasteiger partial charge is 0.251 e. The number of benzene rings is 1. The van der Waals surface area contributed by atoms with E-state index in [1.807, 2.05) is 12.1 Å². The Labute approximate surface area is 136 Å². The molecule has 1 aromatic carbocycles. The number of halogens is 1. The molecule has 2 N–H and O–H groups in total. The Bertz CT molecular complexity index is 664. The zero-order valence-electron chi connectivity index (χ0n) is 11.1. The second-order valence-electron chi connectivity index (χ2n) is 4.20. The van der Waals surface area contributed by atoms with Gasteiger partial charge in [-0.1, -0.05) is 0 Å². The van der Waals surface area contributed by atoms with Gasteiger partial charge >= 0.3 is 0 Å². The summed E-state index contributed by atoms with van der Waals surface area (Å²) in [5.41, 5.74) is 1.12. The summed E-state index contributed by atoms with van der Waals surface area (Å²) >= 11 is 2.19. The third kappa shape index (κ3) is 4.43. The van der Waals surface area contributed by atoms with Crippen LogP contribution in [0.4, 0.5) is 5.82 Å². The largest absolute Gasteiger partial charge is 0.367 e. The molecule has 0 saturated heterocycles. The molecule has 0 atom stereocenters. The predicted octanol–water partition coefficient (Wildman–Crippen LogP) is 2.40. The van der Waals surface area contributed by atoms with Gasteiger partial charge in [-0.3, -0.25) is 4.79 Å². The number of hydrogen-bond acceptors (Lipinski definition) is 4. The highest BCUT2D eigenvalue weighted by molar-refractivity contribution is 14.1. The molecule has 1 aromatic heterocycles. The first-order chi connectivity index (χ1) is 10.2. The molecule has 0 radical (unpaired) electrons. The lowest BCUT2D eigenvalue weighted by molar-refractivity contribution is 0.0955. The molecular weight excluding hydrogens is 379 g/mol. The summed E-state index contributed by atoms with van der Waals surface area (Å²) in [6.07, 6.45) is 1.62. The SMILES string of the molecule is N#Cc1cccnc1NCCNC(=O)c1ccc(I)cc1. The van der Waals surface area contributed by atoms with Crippen LogP contribution in [-0.4, -0.2) is 24.0 Å². The van der Waals surface area contributed by atoms with Crippen LogP contribution in [0.1, 0.15) is 15.9 Å². The quantitative estimate of drug-likeness (QED) is 0.605. The first-order valence-electron chi connectivity index (χ1n) is 6.33. The van der Waals surface area contributed by atoms with Crippen LogP contribution >= 0.6 is 22.6 Å². The Kier molecular flexibility index (Phi) is 5.51. The summed E-state index contributed by atoms with van der Waals surface area (Å²) in [4.78, 5) is 16.0. The zero-order chi connectivity index (χ0) is 15.1. The number of nitrogens with zero attached hydrogens (tertiary/aromatic N) is 2. The van der Waals surface area contributed by atoms with Crippen molar-refractivity contribution in [1.82, 2.24) is 10.3 Å². The van der Waals surface area contributed by atoms with Crippen LogP contribution in [0.5, 0.6) is 0 Å². The third-order valence-electron chi connectivity index (χ3n) is 2.74. The van der Waals surface area contributed by atoms with Crippen LogP contribution in [0.15, 0.2) is 42.6 Å². The van der Waals surface area contributed by atoms with Gasteiger partial charge in [0.05, 0.1) is 5.56 Å². The molecule has 21 heavy (non-hydrogen) atoms. The monoisotopic (exact) mass is 392 g/mol. The molecule has 0 bridgehead atoms. The Hall–Kier alpha value is -2.14. The van der Waals surface area contributed by atoms with Crippen molar-refractivity contribution in [2.45, 2.75) is 0 Å². The number of amides is 1. The number of nitrogens with one attached hydrogen (secondary N) is 2. The number of pyridine rings is 1. The highest BCUT2D eigenvalue weighted by Crippen LogP contribution is 2.09. The maximum absolute atomic E-state index is 11.9. The summed E-state index contributed by atoms with van der Waals surface area (Å²) < 4.78 is 1.09. The van der Waals surface area contributed by atoms with Gasteiger partial charge in [-0.15, -0.1) is 0 Å². The summed E-state index contributed by atoms with van der Waals surface area (Å²) in [6.45, 7) is 0.952. The molecule has 5 nitrogen and oxygen atoms in total. The number of anilines is 1. The van der Waals surface area contributed by atoms with Gasteiger partial charge in [0, 0.05) is 28.4 Å². The average Bonchev–Trinajstić information content (AvgIpc) is 2.52. The Morgan fingerprint density at radius 3 is 2.71 bits per heavy atom. The lowest BCUT2D eigenvalue weighted by Crippen LogP contribution is -2.29. The van der Waals surface area contributed by atoms with Crippen molar-refractivity contribution < 1.29 is 4.79 Å². The van der Waals surface area contributed by atoms with E-state index in [1.54, 1.807) is 30.5 Å². The number of aromatic nitrogens is 1. The van der Waals surface area contributed by atoms with Gasteiger partial charge in [-0.05, 0) is 59.0 Å². The minimum atomic E-state index is -0.116. The summed E-state index contributed by atoms with van der Waals surface area (Å²) in [7, 11) is 0. The Balaban J connectivity index is 1.81. The molecule has 0 fully saturated rings. The van der Waals surface area contributed by atoms with E-state index in [2.05, 4.69) is 44.3 Å². The lowest BCUT2D eigenvalue weighted by atomic mass is 10.2. The van der Waals surface area contributed by atoms with Crippen molar-refractivity contribution in [3.8, 4) is 6.07 Å². The maximum atomic E-state index is 11.9. The van der Waals surface area contributed by atoms with E-state index >= 15 is 0 Å². The number of carbonyl (C=O) groups is 1. The van der Waals surface area contributed by atoms with E-state index in [1.165, 1.54) is 0 Å².